The van der Waals surface area contributed by atoms with Gasteiger partial charge in [0.05, 0.1) is 19.3 Å². The maximum atomic E-state index is 12.0. The van der Waals surface area contributed by atoms with Gasteiger partial charge < -0.3 is 20.1 Å². The summed E-state index contributed by atoms with van der Waals surface area (Å²) < 4.78 is 12.5. The fourth-order valence-electron chi connectivity index (χ4n) is 2.49. The Balaban J connectivity index is 1.39. The number of ether oxygens (including phenoxy) is 2. The number of carbonyl (C=O) groups is 1. The van der Waals surface area contributed by atoms with Crippen LogP contribution in [0.2, 0.25) is 0 Å². The molecule has 2 heterocycles. The number of carbonyl (C=O) groups excluding carboxylic acids is 1. The van der Waals surface area contributed by atoms with Crippen LogP contribution >= 0.6 is 0 Å². The third-order valence-electron chi connectivity index (χ3n) is 3.76. The van der Waals surface area contributed by atoms with Gasteiger partial charge in [-0.15, -0.1) is 0 Å². The van der Waals surface area contributed by atoms with Crippen molar-refractivity contribution in [2.75, 3.05) is 13.3 Å². The molecule has 1 aromatic carbocycles. The molecule has 0 radical (unpaired) electrons. The Morgan fingerprint density at radius 2 is 2.21 bits per heavy atom. The molecular formula is C17H22N4O3. The van der Waals surface area contributed by atoms with Gasteiger partial charge in [0.15, 0.2) is 11.5 Å². The second kappa shape index (κ2) is 7.35. The number of aromatic nitrogens is 2. The number of amides is 1. The predicted octanol–water partition coefficient (Wildman–Crippen LogP) is 1.21. The summed E-state index contributed by atoms with van der Waals surface area (Å²) in [7, 11) is 0. The molecule has 7 nitrogen and oxygen atoms in total. The van der Waals surface area contributed by atoms with Crippen LogP contribution < -0.4 is 20.1 Å². The number of nitrogens with zero attached hydrogens (tertiary/aromatic N) is 2. The molecule has 0 aliphatic carbocycles. The molecule has 2 aromatic rings. The van der Waals surface area contributed by atoms with E-state index in [1.54, 1.807) is 0 Å². The van der Waals surface area contributed by atoms with Crippen LogP contribution in [0, 0.1) is 6.92 Å². The highest BCUT2D eigenvalue weighted by Gasteiger charge is 2.13. The minimum absolute atomic E-state index is 0.0452. The number of fused-ring (bicyclic) bond motifs is 1. The Labute approximate surface area is 140 Å². The number of rotatable bonds is 7. The smallest absolute Gasteiger partial charge is 0.234 e. The van der Waals surface area contributed by atoms with Crippen LogP contribution in [-0.4, -0.2) is 35.1 Å². The van der Waals surface area contributed by atoms with Crippen molar-refractivity contribution in [1.82, 2.24) is 20.4 Å². The van der Waals surface area contributed by atoms with E-state index in [4.69, 9.17) is 9.47 Å². The Morgan fingerprint density at radius 1 is 1.38 bits per heavy atom. The van der Waals surface area contributed by atoms with E-state index < -0.39 is 0 Å². The molecule has 128 valence electrons. The average Bonchev–Trinajstić information content (AvgIpc) is 3.19. The number of nitrogens with one attached hydrogen (secondary N) is 2. The van der Waals surface area contributed by atoms with Gasteiger partial charge in [-0.25, -0.2) is 0 Å². The molecule has 1 aliphatic heterocycles. The molecule has 1 amide bonds. The minimum atomic E-state index is -0.0452. The van der Waals surface area contributed by atoms with Crippen LogP contribution in [0.15, 0.2) is 30.6 Å². The maximum Gasteiger partial charge on any atom is 0.234 e. The van der Waals surface area contributed by atoms with Crippen LogP contribution in [0.1, 0.15) is 18.1 Å². The highest BCUT2D eigenvalue weighted by Crippen LogP contribution is 2.32. The molecule has 0 saturated heterocycles. The van der Waals surface area contributed by atoms with Gasteiger partial charge in [0.2, 0.25) is 12.7 Å². The molecule has 1 aromatic heterocycles. The van der Waals surface area contributed by atoms with Crippen molar-refractivity contribution < 1.29 is 14.3 Å². The lowest BCUT2D eigenvalue weighted by atomic mass is 10.2. The first kappa shape index (κ1) is 16.3. The van der Waals surface area contributed by atoms with Crippen LogP contribution in [0.4, 0.5) is 0 Å². The van der Waals surface area contributed by atoms with E-state index in [9.17, 15) is 4.79 Å². The van der Waals surface area contributed by atoms with Crippen LogP contribution in [-0.2, 0) is 17.9 Å². The van der Waals surface area contributed by atoms with Crippen molar-refractivity contribution in [2.45, 2.75) is 33.0 Å². The first-order valence-electron chi connectivity index (χ1n) is 7.98. The molecule has 3 rings (SSSR count). The summed E-state index contributed by atoms with van der Waals surface area (Å²) in [6, 6.07) is 5.82. The molecule has 0 spiro atoms. The van der Waals surface area contributed by atoms with E-state index in [2.05, 4.69) is 15.7 Å². The van der Waals surface area contributed by atoms with Gasteiger partial charge in [0.25, 0.3) is 0 Å². The Bertz CT molecular complexity index is 714. The molecule has 2 N–H and O–H groups in total. The summed E-state index contributed by atoms with van der Waals surface area (Å²) in [6.07, 6.45) is 3.81. The quantitative estimate of drug-likeness (QED) is 0.798. The zero-order valence-electron chi connectivity index (χ0n) is 13.9. The molecular weight excluding hydrogens is 308 g/mol. The van der Waals surface area contributed by atoms with E-state index in [0.717, 1.165) is 29.2 Å². The van der Waals surface area contributed by atoms with E-state index in [-0.39, 0.29) is 25.3 Å². The van der Waals surface area contributed by atoms with Gasteiger partial charge in [-0.2, -0.15) is 5.10 Å². The van der Waals surface area contributed by atoms with E-state index in [0.29, 0.717) is 6.54 Å². The first-order chi connectivity index (χ1) is 11.6. The summed E-state index contributed by atoms with van der Waals surface area (Å²) >= 11 is 0. The lowest BCUT2D eigenvalue weighted by molar-refractivity contribution is -0.120. The summed E-state index contributed by atoms with van der Waals surface area (Å²) in [5, 5.41) is 10.3. The predicted molar refractivity (Wildman–Crippen MR) is 88.8 cm³/mol. The van der Waals surface area contributed by atoms with Crippen molar-refractivity contribution in [1.29, 1.82) is 0 Å². The molecule has 7 heteroatoms. The van der Waals surface area contributed by atoms with E-state index in [1.807, 2.05) is 49.1 Å². The lowest BCUT2D eigenvalue weighted by Crippen LogP contribution is -2.39. The zero-order valence-corrected chi connectivity index (χ0v) is 13.9. The number of hydrogen-bond acceptors (Lipinski definition) is 5. The third-order valence-corrected chi connectivity index (χ3v) is 3.76. The normalized spacial score (nSPS) is 13.8. The van der Waals surface area contributed by atoms with Gasteiger partial charge >= 0.3 is 0 Å². The van der Waals surface area contributed by atoms with Gasteiger partial charge in [-0.3, -0.25) is 9.48 Å². The van der Waals surface area contributed by atoms with Gasteiger partial charge in [0, 0.05) is 18.8 Å². The number of aryl methyl sites for hydroxylation is 1. The van der Waals surface area contributed by atoms with Gasteiger partial charge in [0.1, 0.15) is 0 Å². The molecule has 0 bridgehead atoms. The highest BCUT2D eigenvalue weighted by molar-refractivity contribution is 5.78. The fourth-order valence-corrected chi connectivity index (χ4v) is 2.49. The largest absolute Gasteiger partial charge is 0.454 e. The standard InChI is InChI=1S/C17H22N4O3/c1-12-6-20-21(9-12)10-13(2)18-8-17(22)19-7-14-3-4-15-16(5-14)24-11-23-15/h3-6,9,13,18H,7-8,10-11H2,1-2H3,(H,19,22)/t13-/m1/s1. The second-order valence-electron chi connectivity index (χ2n) is 5.99. The molecule has 0 fully saturated rings. The maximum absolute atomic E-state index is 12.0. The average molecular weight is 330 g/mol. The van der Waals surface area contributed by atoms with E-state index >= 15 is 0 Å². The molecule has 24 heavy (non-hydrogen) atoms. The molecule has 1 aliphatic rings. The van der Waals surface area contributed by atoms with Crippen LogP contribution in [0.5, 0.6) is 11.5 Å². The van der Waals surface area contributed by atoms with Crippen LogP contribution in [0.25, 0.3) is 0 Å². The highest BCUT2D eigenvalue weighted by atomic mass is 16.7. The lowest BCUT2D eigenvalue weighted by Gasteiger charge is -2.14. The molecule has 1 atom stereocenters. The summed E-state index contributed by atoms with van der Waals surface area (Å²) in [5.74, 6) is 1.42. The number of hydrogen-bond donors (Lipinski definition) is 2. The fraction of sp³-hybridized carbons (Fsp3) is 0.412. The van der Waals surface area contributed by atoms with Crippen molar-refractivity contribution >= 4 is 5.91 Å². The van der Waals surface area contributed by atoms with E-state index in [1.165, 1.54) is 0 Å². The van der Waals surface area contributed by atoms with Crippen molar-refractivity contribution in [3.63, 3.8) is 0 Å². The van der Waals surface area contributed by atoms with Crippen molar-refractivity contribution in [3.05, 3.63) is 41.7 Å². The molecule has 0 unspecified atom stereocenters. The SMILES string of the molecule is Cc1cnn(C[C@@H](C)NCC(=O)NCc2ccc3c(c2)OCO3)c1. The van der Waals surface area contributed by atoms with Crippen LogP contribution in [0.3, 0.4) is 0 Å². The third kappa shape index (κ3) is 4.26. The molecule has 0 saturated carbocycles. The Hall–Kier alpha value is -2.54. The Kier molecular flexibility index (Phi) is 5.00. The summed E-state index contributed by atoms with van der Waals surface area (Å²) in [4.78, 5) is 12.0. The first-order valence-corrected chi connectivity index (χ1v) is 7.98. The summed E-state index contributed by atoms with van der Waals surface area (Å²) in [6.45, 7) is 5.75. The van der Waals surface area contributed by atoms with Gasteiger partial charge in [-0.05, 0) is 37.1 Å². The monoisotopic (exact) mass is 330 g/mol. The van der Waals surface area contributed by atoms with Crippen molar-refractivity contribution in [2.24, 2.45) is 0 Å². The topological polar surface area (TPSA) is 77.4 Å². The van der Waals surface area contributed by atoms with Gasteiger partial charge in [-0.1, -0.05) is 6.07 Å². The Morgan fingerprint density at radius 3 is 3.00 bits per heavy atom. The van der Waals surface area contributed by atoms with Crippen molar-refractivity contribution in [3.8, 4) is 11.5 Å². The zero-order chi connectivity index (χ0) is 16.9. The minimum Gasteiger partial charge on any atom is -0.454 e. The second-order valence-corrected chi connectivity index (χ2v) is 5.99. The summed E-state index contributed by atoms with van der Waals surface area (Å²) in [5.41, 5.74) is 2.11. The number of benzene rings is 1.